The third kappa shape index (κ3) is 2.98. The van der Waals surface area contributed by atoms with Gasteiger partial charge in [-0.05, 0) is 26.2 Å². The van der Waals surface area contributed by atoms with Crippen LogP contribution in [0.3, 0.4) is 0 Å². The van der Waals surface area contributed by atoms with Crippen LogP contribution in [0.25, 0.3) is 0 Å². The second-order valence-electron chi connectivity index (χ2n) is 5.44. The molecule has 0 bridgehead atoms. The lowest BCUT2D eigenvalue weighted by Gasteiger charge is -2.43. The monoisotopic (exact) mass is 275 g/mol. The third-order valence-electron chi connectivity index (χ3n) is 4.02. The van der Waals surface area contributed by atoms with Gasteiger partial charge in [0, 0.05) is 20.2 Å². The lowest BCUT2D eigenvalue weighted by Crippen LogP contribution is -2.52. The van der Waals surface area contributed by atoms with Gasteiger partial charge in [-0.3, -0.25) is 4.79 Å². The first-order valence-corrected chi connectivity index (χ1v) is 7.16. The number of hydrogen-bond donors (Lipinski definition) is 0. The number of rotatable bonds is 4. The number of alkyl halides is 1. The van der Waals surface area contributed by atoms with Gasteiger partial charge in [-0.25, -0.2) is 0 Å². The summed E-state index contributed by atoms with van der Waals surface area (Å²) in [5, 5.41) is 0. The van der Waals surface area contributed by atoms with E-state index >= 15 is 0 Å². The number of hydrogen-bond acceptors (Lipinski definition) is 3. The number of amides is 1. The molecule has 4 nitrogen and oxygen atoms in total. The molecule has 0 spiro atoms. The van der Waals surface area contributed by atoms with Crippen LogP contribution in [0.15, 0.2) is 0 Å². The number of nitrogens with zero attached hydrogens (tertiary/aromatic N) is 1. The van der Waals surface area contributed by atoms with Crippen LogP contribution in [0, 0.1) is 0 Å². The summed E-state index contributed by atoms with van der Waals surface area (Å²) in [5.41, 5.74) is -0.199. The smallest absolute Gasteiger partial charge is 0.225 e. The molecule has 0 radical (unpaired) electrons. The van der Waals surface area contributed by atoms with Crippen molar-refractivity contribution in [1.29, 1.82) is 0 Å². The Morgan fingerprint density at radius 2 is 2.22 bits per heavy atom. The van der Waals surface area contributed by atoms with Crippen LogP contribution in [-0.4, -0.2) is 54.7 Å². The van der Waals surface area contributed by atoms with Crippen LogP contribution >= 0.6 is 11.6 Å². The molecular weight excluding hydrogens is 254 g/mol. The van der Waals surface area contributed by atoms with Crippen LogP contribution < -0.4 is 0 Å². The Balaban J connectivity index is 1.91. The molecule has 0 aromatic rings. The average Bonchev–Trinajstić information content (AvgIpc) is 2.32. The number of ether oxygens (including phenoxy) is 2. The van der Waals surface area contributed by atoms with Crippen molar-refractivity contribution < 1.29 is 14.3 Å². The zero-order valence-corrected chi connectivity index (χ0v) is 11.9. The molecule has 2 rings (SSSR count). The van der Waals surface area contributed by atoms with E-state index in [9.17, 15) is 4.79 Å². The summed E-state index contributed by atoms with van der Waals surface area (Å²) in [5.74, 6) is 0.602. The summed E-state index contributed by atoms with van der Waals surface area (Å²) in [6, 6.07) is 0. The molecule has 0 aromatic carbocycles. The number of carbonyl (C=O) groups is 1. The second kappa shape index (κ2) is 5.76. The van der Waals surface area contributed by atoms with Crippen LogP contribution in [0.5, 0.6) is 0 Å². The molecule has 0 N–H and O–H groups in total. The van der Waals surface area contributed by atoms with Crippen LogP contribution in [0.1, 0.15) is 32.6 Å². The zero-order valence-electron chi connectivity index (χ0n) is 11.2. The van der Waals surface area contributed by atoms with Gasteiger partial charge < -0.3 is 14.4 Å². The fourth-order valence-electron chi connectivity index (χ4n) is 2.75. The molecule has 1 aliphatic carbocycles. The van der Waals surface area contributed by atoms with Crippen molar-refractivity contribution in [2.45, 2.75) is 50.4 Å². The Bertz CT molecular complexity index is 301. The Morgan fingerprint density at radius 3 is 2.72 bits per heavy atom. The van der Waals surface area contributed by atoms with Gasteiger partial charge in [-0.2, -0.15) is 0 Å². The highest BCUT2D eigenvalue weighted by Crippen LogP contribution is 2.38. The van der Waals surface area contributed by atoms with E-state index in [1.165, 1.54) is 0 Å². The molecule has 1 saturated carbocycles. The Morgan fingerprint density at radius 1 is 1.50 bits per heavy atom. The molecule has 5 heteroatoms. The Hall–Kier alpha value is -0.320. The van der Waals surface area contributed by atoms with E-state index < -0.39 is 0 Å². The van der Waals surface area contributed by atoms with E-state index in [-0.39, 0.29) is 23.7 Å². The van der Waals surface area contributed by atoms with E-state index in [1.807, 2.05) is 11.8 Å². The van der Waals surface area contributed by atoms with Gasteiger partial charge in [0.15, 0.2) is 0 Å². The van der Waals surface area contributed by atoms with Gasteiger partial charge in [-0.1, -0.05) is 0 Å². The van der Waals surface area contributed by atoms with Crippen molar-refractivity contribution in [2.75, 3.05) is 26.1 Å². The summed E-state index contributed by atoms with van der Waals surface area (Å²) < 4.78 is 11.2. The van der Waals surface area contributed by atoms with E-state index in [2.05, 4.69) is 0 Å². The maximum absolute atomic E-state index is 12.3. The SMILES string of the molecule is COC1(CC(=O)N2CC(C)OC(CCl)C2)CCC1. The van der Waals surface area contributed by atoms with Crippen molar-refractivity contribution in [1.82, 2.24) is 4.90 Å². The first-order valence-electron chi connectivity index (χ1n) is 6.63. The predicted molar refractivity (Wildman–Crippen MR) is 69.8 cm³/mol. The first kappa shape index (κ1) is 14.1. The number of carbonyl (C=O) groups excluding carboxylic acids is 1. The third-order valence-corrected chi connectivity index (χ3v) is 4.37. The quantitative estimate of drug-likeness (QED) is 0.735. The molecule has 1 saturated heterocycles. The highest BCUT2D eigenvalue weighted by Gasteiger charge is 2.41. The maximum Gasteiger partial charge on any atom is 0.225 e. The predicted octanol–water partition coefficient (Wildman–Crippen LogP) is 1.80. The first-order chi connectivity index (χ1) is 8.58. The summed E-state index contributed by atoms with van der Waals surface area (Å²) in [4.78, 5) is 14.2. The van der Waals surface area contributed by atoms with Crippen LogP contribution in [0.2, 0.25) is 0 Å². The molecule has 1 amide bonds. The lowest BCUT2D eigenvalue weighted by molar-refractivity contribution is -0.154. The average molecular weight is 276 g/mol. The summed E-state index contributed by atoms with van der Waals surface area (Å²) in [6.07, 6.45) is 3.66. The van der Waals surface area contributed by atoms with Crippen molar-refractivity contribution in [3.8, 4) is 0 Å². The van der Waals surface area contributed by atoms with Gasteiger partial charge in [0.25, 0.3) is 0 Å². The van der Waals surface area contributed by atoms with Gasteiger partial charge in [0.2, 0.25) is 5.91 Å². The minimum Gasteiger partial charge on any atom is -0.378 e. The maximum atomic E-state index is 12.3. The molecule has 2 aliphatic rings. The zero-order chi connectivity index (χ0) is 13.2. The highest BCUT2D eigenvalue weighted by atomic mass is 35.5. The molecule has 2 unspecified atom stereocenters. The Kier molecular flexibility index (Phi) is 4.51. The molecule has 0 aromatic heterocycles. The standard InChI is InChI=1S/C13H22ClNO3/c1-10-8-15(9-11(7-14)18-10)12(16)6-13(17-2)4-3-5-13/h10-11H,3-9H2,1-2H3. The van der Waals surface area contributed by atoms with E-state index in [0.717, 1.165) is 19.3 Å². The highest BCUT2D eigenvalue weighted by molar-refractivity contribution is 6.18. The van der Waals surface area contributed by atoms with Crippen molar-refractivity contribution in [2.24, 2.45) is 0 Å². The summed E-state index contributed by atoms with van der Waals surface area (Å²) >= 11 is 5.83. The molecule has 2 atom stereocenters. The van der Waals surface area contributed by atoms with Gasteiger partial charge in [-0.15, -0.1) is 11.6 Å². The van der Waals surface area contributed by atoms with Crippen LogP contribution in [-0.2, 0) is 14.3 Å². The minimum absolute atomic E-state index is 0.0424. The van der Waals surface area contributed by atoms with Gasteiger partial charge in [0.1, 0.15) is 0 Å². The van der Waals surface area contributed by atoms with E-state index in [4.69, 9.17) is 21.1 Å². The molecular formula is C13H22ClNO3. The van der Waals surface area contributed by atoms with E-state index in [0.29, 0.717) is 25.4 Å². The topological polar surface area (TPSA) is 38.8 Å². The fraction of sp³-hybridized carbons (Fsp3) is 0.923. The van der Waals surface area contributed by atoms with Crippen LogP contribution in [0.4, 0.5) is 0 Å². The largest absolute Gasteiger partial charge is 0.378 e. The molecule has 1 heterocycles. The fourth-order valence-corrected chi connectivity index (χ4v) is 2.92. The van der Waals surface area contributed by atoms with Crippen molar-refractivity contribution in [3.05, 3.63) is 0 Å². The molecule has 18 heavy (non-hydrogen) atoms. The lowest BCUT2D eigenvalue weighted by atomic mass is 9.77. The minimum atomic E-state index is -0.199. The number of methoxy groups -OCH3 is 1. The van der Waals surface area contributed by atoms with Crippen molar-refractivity contribution in [3.63, 3.8) is 0 Å². The van der Waals surface area contributed by atoms with E-state index in [1.54, 1.807) is 7.11 Å². The summed E-state index contributed by atoms with van der Waals surface area (Å²) in [6.45, 7) is 3.24. The summed E-state index contributed by atoms with van der Waals surface area (Å²) in [7, 11) is 1.70. The molecule has 1 aliphatic heterocycles. The normalized spacial score (nSPS) is 30.9. The second-order valence-corrected chi connectivity index (χ2v) is 5.75. The number of halogens is 1. The molecule has 104 valence electrons. The number of morpholine rings is 1. The van der Waals surface area contributed by atoms with Crippen molar-refractivity contribution >= 4 is 17.5 Å². The molecule has 2 fully saturated rings. The van der Waals surface area contributed by atoms with Gasteiger partial charge >= 0.3 is 0 Å². The Labute approximate surface area is 114 Å². The van der Waals surface area contributed by atoms with Gasteiger partial charge in [0.05, 0.1) is 30.1 Å².